The first-order chi connectivity index (χ1) is 18.9. The van der Waals surface area contributed by atoms with Crippen LogP contribution in [0.4, 0.5) is 0 Å². The molecule has 0 aliphatic rings. The Bertz CT molecular complexity index is 1260. The molecule has 4 aromatic rings. The topological polar surface area (TPSA) is 0 Å². The van der Waals surface area contributed by atoms with Crippen molar-refractivity contribution in [2.45, 2.75) is 38.0 Å². The lowest BCUT2D eigenvalue weighted by atomic mass is 9.90. The van der Waals surface area contributed by atoms with E-state index in [-0.39, 0.29) is 0 Å². The molecule has 0 nitrogen and oxygen atoms in total. The number of benzene rings is 4. The first-order valence-corrected chi connectivity index (χ1v) is 16.8. The zero-order chi connectivity index (χ0) is 27.8. The third-order valence-corrected chi connectivity index (χ3v) is 11.3. The van der Waals surface area contributed by atoms with E-state index in [1.807, 2.05) is 54.6 Å². The number of hydrogen-bond acceptors (Lipinski definition) is 6. The Morgan fingerprint density at radius 1 is 0.436 bits per heavy atom. The van der Waals surface area contributed by atoms with Crippen LogP contribution in [-0.2, 0) is 17.3 Å². The van der Waals surface area contributed by atoms with Crippen molar-refractivity contribution in [1.82, 2.24) is 0 Å². The highest BCUT2D eigenvalue weighted by Crippen LogP contribution is 2.36. The molecule has 0 saturated carbocycles. The largest absolute Gasteiger partial charge is 0.109 e. The van der Waals surface area contributed by atoms with Gasteiger partial charge in [0.15, 0.2) is 0 Å². The van der Waals surface area contributed by atoms with Gasteiger partial charge in [-0.15, -0.1) is 35.3 Å². The van der Waals surface area contributed by atoms with Crippen molar-refractivity contribution in [2.75, 3.05) is 0 Å². The molecule has 0 atom stereocenters. The summed E-state index contributed by atoms with van der Waals surface area (Å²) in [5, 5.41) is 0. The van der Waals surface area contributed by atoms with E-state index in [0.717, 1.165) is 46.5 Å². The summed E-state index contributed by atoms with van der Waals surface area (Å²) in [6.07, 6.45) is 0. The lowest BCUT2D eigenvalue weighted by Crippen LogP contribution is -2.08. The molecule has 0 aromatic heterocycles. The first-order valence-electron chi connectivity index (χ1n) is 12.6. The Kier molecular flexibility index (Phi) is 11.4. The molecule has 0 radical (unpaired) electrons. The zero-order valence-corrected chi connectivity index (χ0v) is 27.1. The first kappa shape index (κ1) is 30.2. The molecule has 4 rings (SSSR count). The van der Waals surface area contributed by atoms with Crippen molar-refractivity contribution >= 4 is 84.5 Å². The normalized spacial score (nSPS) is 10.8. The van der Waals surface area contributed by atoms with E-state index in [2.05, 4.69) is 57.2 Å². The summed E-state index contributed by atoms with van der Waals surface area (Å²) in [5.41, 5.74) is 11.4. The number of hydrogen-bond donors (Lipinski definition) is 0. The fraction of sp³-hybridized carbons (Fsp3) is 0.182. The molecule has 0 unspecified atom stereocenters. The van der Waals surface area contributed by atoms with Crippen LogP contribution >= 0.6 is 71.9 Å². The molecule has 0 aliphatic carbocycles. The van der Waals surface area contributed by atoms with Gasteiger partial charge in [0.2, 0.25) is 0 Å². The molecular formula is C33H30S6. The van der Waals surface area contributed by atoms with Crippen molar-refractivity contribution in [3.63, 3.8) is 0 Å². The van der Waals surface area contributed by atoms with Crippen LogP contribution in [0.5, 0.6) is 0 Å². The van der Waals surface area contributed by atoms with Crippen molar-refractivity contribution in [3.05, 3.63) is 141 Å². The maximum absolute atomic E-state index is 5.80. The van der Waals surface area contributed by atoms with Gasteiger partial charge in [-0.3, -0.25) is 0 Å². The van der Waals surface area contributed by atoms with E-state index < -0.39 is 0 Å². The van der Waals surface area contributed by atoms with Gasteiger partial charge in [0, 0.05) is 17.3 Å². The van der Waals surface area contributed by atoms with Gasteiger partial charge in [-0.1, -0.05) is 128 Å². The minimum Gasteiger partial charge on any atom is -0.109 e. The van der Waals surface area contributed by atoms with Crippen LogP contribution in [0.25, 0.3) is 0 Å². The van der Waals surface area contributed by atoms with Crippen molar-refractivity contribution < 1.29 is 0 Å². The quantitative estimate of drug-likeness (QED) is 0.170. The van der Waals surface area contributed by atoms with Crippen molar-refractivity contribution in [1.29, 1.82) is 0 Å². The SMILES string of the molecule is Cc1c(CSC(=S)c2ccccc2)c(C)c(CSC(=S)c2ccccc2)c(C)c1CSC(=S)c1ccccc1. The second-order valence-electron chi connectivity index (χ2n) is 9.14. The van der Waals surface area contributed by atoms with E-state index in [0.29, 0.717) is 0 Å². The molecule has 0 bridgehead atoms. The van der Waals surface area contributed by atoms with Crippen molar-refractivity contribution in [2.24, 2.45) is 0 Å². The molecule has 198 valence electrons. The van der Waals surface area contributed by atoms with Gasteiger partial charge in [-0.2, -0.15) is 0 Å². The second-order valence-corrected chi connectivity index (χ2v) is 14.1. The van der Waals surface area contributed by atoms with Crippen LogP contribution in [0.15, 0.2) is 91.0 Å². The van der Waals surface area contributed by atoms with Crippen LogP contribution in [0, 0.1) is 20.8 Å². The van der Waals surface area contributed by atoms with E-state index in [9.17, 15) is 0 Å². The smallest absolute Gasteiger partial charge is 0.0781 e. The molecule has 0 N–H and O–H groups in total. The molecule has 4 aromatic carbocycles. The molecule has 0 amide bonds. The number of rotatable bonds is 9. The Morgan fingerprint density at radius 3 is 0.897 bits per heavy atom. The third kappa shape index (κ3) is 7.90. The van der Waals surface area contributed by atoms with E-state index in [1.54, 1.807) is 35.3 Å². The number of thiocarbonyl (C=S) groups is 3. The van der Waals surface area contributed by atoms with Gasteiger partial charge in [-0.05, 0) is 70.8 Å². The fourth-order valence-corrected chi connectivity index (χ4v) is 8.40. The molecule has 0 spiro atoms. The molecule has 0 aliphatic heterocycles. The van der Waals surface area contributed by atoms with Crippen molar-refractivity contribution in [3.8, 4) is 0 Å². The average molecular weight is 619 g/mol. The summed E-state index contributed by atoms with van der Waals surface area (Å²) in [6, 6.07) is 30.9. The van der Waals surface area contributed by atoms with Crippen LogP contribution in [0.2, 0.25) is 0 Å². The average Bonchev–Trinajstić information content (AvgIpc) is 2.97. The minimum atomic E-state index is 0.841. The Balaban J connectivity index is 1.62. The van der Waals surface area contributed by atoms with E-state index in [1.165, 1.54) is 33.4 Å². The second kappa shape index (κ2) is 14.7. The maximum Gasteiger partial charge on any atom is 0.0781 e. The highest BCUT2D eigenvalue weighted by atomic mass is 32.2. The van der Waals surface area contributed by atoms with Gasteiger partial charge in [0.25, 0.3) is 0 Å². The molecule has 0 saturated heterocycles. The summed E-state index contributed by atoms with van der Waals surface area (Å²) in [5.74, 6) is 2.52. The van der Waals surface area contributed by atoms with Gasteiger partial charge >= 0.3 is 0 Å². The summed E-state index contributed by atoms with van der Waals surface area (Å²) in [4.78, 5) is 0. The standard InChI is InChI=1S/C33H30S6/c1-22-28(19-37-31(34)25-13-7-4-8-14-25)23(2)30(21-39-33(36)27-17-11-6-12-18-27)24(3)29(22)20-38-32(35)26-15-9-5-10-16-26/h4-18H,19-21H2,1-3H3. The Labute approximate surface area is 261 Å². The molecular weight excluding hydrogens is 589 g/mol. The van der Waals surface area contributed by atoms with Crippen LogP contribution in [-0.4, -0.2) is 12.6 Å². The van der Waals surface area contributed by atoms with Gasteiger partial charge < -0.3 is 0 Å². The highest BCUT2D eigenvalue weighted by Gasteiger charge is 2.19. The predicted octanol–water partition coefficient (Wildman–Crippen LogP) is 10.4. The van der Waals surface area contributed by atoms with E-state index >= 15 is 0 Å². The van der Waals surface area contributed by atoms with Crippen LogP contribution < -0.4 is 0 Å². The monoisotopic (exact) mass is 618 g/mol. The fourth-order valence-electron chi connectivity index (χ4n) is 4.43. The summed E-state index contributed by atoms with van der Waals surface area (Å²) in [7, 11) is 0. The lowest BCUT2D eigenvalue weighted by Gasteiger charge is -2.23. The summed E-state index contributed by atoms with van der Waals surface area (Å²) in [6.45, 7) is 6.78. The van der Waals surface area contributed by atoms with Gasteiger partial charge in [0.1, 0.15) is 0 Å². The minimum absolute atomic E-state index is 0.841. The summed E-state index contributed by atoms with van der Waals surface area (Å²) >= 11 is 22.6. The number of thioether (sulfide) groups is 3. The molecule has 6 heteroatoms. The third-order valence-electron chi connectivity index (χ3n) is 6.79. The van der Waals surface area contributed by atoms with Gasteiger partial charge in [-0.25, -0.2) is 0 Å². The lowest BCUT2D eigenvalue weighted by molar-refractivity contribution is 1.10. The molecule has 39 heavy (non-hydrogen) atoms. The zero-order valence-electron chi connectivity index (χ0n) is 22.2. The summed E-state index contributed by atoms with van der Waals surface area (Å²) < 4.78 is 2.78. The van der Waals surface area contributed by atoms with E-state index in [4.69, 9.17) is 36.7 Å². The Morgan fingerprint density at radius 2 is 0.667 bits per heavy atom. The molecule has 0 fully saturated rings. The highest BCUT2D eigenvalue weighted by molar-refractivity contribution is 8.24. The van der Waals surface area contributed by atoms with Crippen LogP contribution in [0.1, 0.15) is 50.1 Å². The van der Waals surface area contributed by atoms with Gasteiger partial charge in [0.05, 0.1) is 12.6 Å². The van der Waals surface area contributed by atoms with Crippen LogP contribution in [0.3, 0.4) is 0 Å². The Hall–Kier alpha value is -1.80. The maximum atomic E-state index is 5.80. The molecule has 0 heterocycles. The predicted molar refractivity (Wildman–Crippen MR) is 189 cm³/mol.